The van der Waals surface area contributed by atoms with Crippen molar-refractivity contribution in [3.63, 3.8) is 0 Å². The van der Waals surface area contributed by atoms with Crippen molar-refractivity contribution in [2.24, 2.45) is 16.6 Å². The molecule has 1 aromatic rings. The van der Waals surface area contributed by atoms with E-state index >= 15 is 0 Å². The number of aliphatic imine (C=N–C) groups is 1. The van der Waals surface area contributed by atoms with E-state index in [4.69, 9.17) is 10.5 Å². The van der Waals surface area contributed by atoms with Crippen molar-refractivity contribution in [3.05, 3.63) is 29.8 Å². The maximum atomic E-state index is 10.7. The van der Waals surface area contributed by atoms with Gasteiger partial charge >= 0.3 is 0 Å². The van der Waals surface area contributed by atoms with Crippen molar-refractivity contribution in [2.45, 2.75) is 27.3 Å². The van der Waals surface area contributed by atoms with Gasteiger partial charge in [-0.2, -0.15) is 0 Å². The molecule has 0 aromatic heterocycles. The molecule has 0 aliphatic heterocycles. The molecule has 0 bridgehead atoms. The Morgan fingerprint density at radius 1 is 1.36 bits per heavy atom. The summed E-state index contributed by atoms with van der Waals surface area (Å²) < 4.78 is 5.29. The van der Waals surface area contributed by atoms with Crippen molar-refractivity contribution < 1.29 is 9.53 Å². The minimum Gasteiger partial charge on any atom is -0.484 e. The second-order valence-corrected chi connectivity index (χ2v) is 5.37. The third-order valence-corrected chi connectivity index (χ3v) is 2.72. The van der Waals surface area contributed by atoms with Crippen molar-refractivity contribution in [1.29, 1.82) is 0 Å². The fraction of sp³-hybridized carbons (Fsp3) is 0.500. The topological polar surface area (TPSA) is 88.7 Å². The average molecular weight is 306 g/mol. The van der Waals surface area contributed by atoms with Gasteiger partial charge in [0.1, 0.15) is 5.75 Å². The summed E-state index contributed by atoms with van der Waals surface area (Å²) in [5.74, 6) is 1.47. The summed E-state index contributed by atoms with van der Waals surface area (Å²) in [4.78, 5) is 15.3. The molecule has 0 heterocycles. The van der Waals surface area contributed by atoms with Crippen LogP contribution in [0.2, 0.25) is 0 Å². The van der Waals surface area contributed by atoms with Gasteiger partial charge in [-0.25, -0.2) is 4.99 Å². The molecule has 4 N–H and O–H groups in total. The van der Waals surface area contributed by atoms with Crippen LogP contribution in [0.3, 0.4) is 0 Å². The summed E-state index contributed by atoms with van der Waals surface area (Å²) in [7, 11) is 0. The molecule has 1 rings (SSSR count). The molecule has 0 saturated carbocycles. The smallest absolute Gasteiger partial charge is 0.255 e. The predicted octanol–water partition coefficient (Wildman–Crippen LogP) is 1.26. The van der Waals surface area contributed by atoms with Crippen LogP contribution in [0.5, 0.6) is 5.75 Å². The fourth-order valence-corrected chi connectivity index (χ4v) is 1.70. The Morgan fingerprint density at radius 2 is 2.14 bits per heavy atom. The number of guanidine groups is 1. The predicted molar refractivity (Wildman–Crippen MR) is 88.8 cm³/mol. The molecule has 6 nitrogen and oxygen atoms in total. The first-order chi connectivity index (χ1) is 10.5. The minimum absolute atomic E-state index is 0.120. The molecular weight excluding hydrogens is 280 g/mol. The lowest BCUT2D eigenvalue weighted by Crippen LogP contribution is -2.39. The molecule has 0 radical (unpaired) electrons. The van der Waals surface area contributed by atoms with Gasteiger partial charge in [0.2, 0.25) is 0 Å². The normalized spacial score (nSPS) is 11.4. The number of hydrogen-bond donors (Lipinski definition) is 3. The van der Waals surface area contributed by atoms with Crippen molar-refractivity contribution in [3.8, 4) is 5.75 Å². The van der Waals surface area contributed by atoms with Crippen LogP contribution in [0, 0.1) is 5.92 Å². The van der Waals surface area contributed by atoms with Crippen LogP contribution in [-0.2, 0) is 11.3 Å². The maximum Gasteiger partial charge on any atom is 0.255 e. The SMILES string of the molecule is CCNC(=NCc1cccc(OCC(N)=O)c1)NCC(C)C. The summed E-state index contributed by atoms with van der Waals surface area (Å²) in [6, 6.07) is 7.49. The number of amides is 1. The summed E-state index contributed by atoms with van der Waals surface area (Å²) in [5.41, 5.74) is 6.07. The van der Waals surface area contributed by atoms with Gasteiger partial charge in [0.15, 0.2) is 12.6 Å². The number of nitrogens with zero attached hydrogens (tertiary/aromatic N) is 1. The number of primary amides is 1. The first-order valence-electron chi connectivity index (χ1n) is 7.53. The van der Waals surface area contributed by atoms with Crippen molar-refractivity contribution >= 4 is 11.9 Å². The van der Waals surface area contributed by atoms with Gasteiger partial charge in [0.25, 0.3) is 5.91 Å². The largest absolute Gasteiger partial charge is 0.484 e. The molecular formula is C16H26N4O2. The quantitative estimate of drug-likeness (QED) is 0.498. The highest BCUT2D eigenvalue weighted by Gasteiger charge is 2.01. The molecule has 1 amide bonds. The zero-order valence-corrected chi connectivity index (χ0v) is 13.6. The molecule has 6 heteroatoms. The Bertz CT molecular complexity index is 501. The van der Waals surface area contributed by atoms with E-state index in [1.165, 1.54) is 0 Å². The number of nitrogens with two attached hydrogens (primary N) is 1. The second-order valence-electron chi connectivity index (χ2n) is 5.37. The molecule has 0 unspecified atom stereocenters. The maximum absolute atomic E-state index is 10.7. The molecule has 0 saturated heterocycles. The van der Waals surface area contributed by atoms with Crippen LogP contribution < -0.4 is 21.1 Å². The number of nitrogens with one attached hydrogen (secondary N) is 2. The lowest BCUT2D eigenvalue weighted by molar-refractivity contribution is -0.119. The molecule has 0 fully saturated rings. The Morgan fingerprint density at radius 3 is 2.77 bits per heavy atom. The molecule has 22 heavy (non-hydrogen) atoms. The molecule has 0 atom stereocenters. The standard InChI is InChI=1S/C16H26N4O2/c1-4-18-16(19-9-12(2)3)20-10-13-6-5-7-14(8-13)22-11-15(17)21/h5-8,12H,4,9-11H2,1-3H3,(H2,17,21)(H2,18,19,20). The first kappa shape index (κ1) is 17.8. The van der Waals surface area contributed by atoms with E-state index in [0.717, 1.165) is 24.6 Å². The van der Waals surface area contributed by atoms with Gasteiger partial charge in [-0.15, -0.1) is 0 Å². The van der Waals surface area contributed by atoms with E-state index in [1.54, 1.807) is 6.07 Å². The molecule has 0 aliphatic rings. The van der Waals surface area contributed by atoms with Crippen LogP contribution in [-0.4, -0.2) is 31.6 Å². The summed E-state index contributed by atoms with van der Waals surface area (Å²) >= 11 is 0. The Hall–Kier alpha value is -2.24. The zero-order valence-electron chi connectivity index (χ0n) is 13.6. The molecule has 122 valence electrons. The Balaban J connectivity index is 2.64. The highest BCUT2D eigenvalue weighted by atomic mass is 16.5. The van der Waals surface area contributed by atoms with Gasteiger partial charge in [-0.1, -0.05) is 26.0 Å². The van der Waals surface area contributed by atoms with Gasteiger partial charge < -0.3 is 21.1 Å². The summed E-state index contributed by atoms with van der Waals surface area (Å²) in [5, 5.41) is 6.50. The van der Waals surface area contributed by atoms with Crippen LogP contribution >= 0.6 is 0 Å². The Kier molecular flexibility index (Phi) is 7.81. The molecule has 1 aromatic carbocycles. The van der Waals surface area contributed by atoms with Crippen LogP contribution in [0.4, 0.5) is 0 Å². The highest BCUT2D eigenvalue weighted by molar-refractivity contribution is 5.79. The number of benzene rings is 1. The van der Waals surface area contributed by atoms with E-state index in [0.29, 0.717) is 18.2 Å². The van der Waals surface area contributed by atoms with E-state index in [2.05, 4.69) is 29.5 Å². The van der Waals surface area contributed by atoms with Gasteiger partial charge in [0.05, 0.1) is 6.54 Å². The number of carbonyl (C=O) groups excluding carboxylic acids is 1. The van der Waals surface area contributed by atoms with Crippen LogP contribution in [0.25, 0.3) is 0 Å². The first-order valence-corrected chi connectivity index (χ1v) is 7.53. The fourth-order valence-electron chi connectivity index (χ4n) is 1.70. The van der Waals surface area contributed by atoms with Crippen LogP contribution in [0.15, 0.2) is 29.3 Å². The molecule has 0 aliphatic carbocycles. The van der Waals surface area contributed by atoms with E-state index in [9.17, 15) is 4.79 Å². The van der Waals surface area contributed by atoms with Gasteiger partial charge in [-0.05, 0) is 30.5 Å². The zero-order chi connectivity index (χ0) is 16.4. The number of carbonyl (C=O) groups is 1. The second kappa shape index (κ2) is 9.65. The highest BCUT2D eigenvalue weighted by Crippen LogP contribution is 2.13. The monoisotopic (exact) mass is 306 g/mol. The Labute approximate surface area is 132 Å². The van der Waals surface area contributed by atoms with E-state index in [1.807, 2.05) is 25.1 Å². The molecule has 0 spiro atoms. The van der Waals surface area contributed by atoms with Crippen molar-refractivity contribution in [2.75, 3.05) is 19.7 Å². The van der Waals surface area contributed by atoms with E-state index < -0.39 is 5.91 Å². The lowest BCUT2D eigenvalue weighted by atomic mass is 10.2. The lowest BCUT2D eigenvalue weighted by Gasteiger charge is -2.13. The minimum atomic E-state index is -0.490. The summed E-state index contributed by atoms with van der Waals surface area (Å²) in [6.45, 7) is 8.42. The number of rotatable bonds is 8. The third kappa shape index (κ3) is 7.52. The average Bonchev–Trinajstić information content (AvgIpc) is 2.48. The van der Waals surface area contributed by atoms with Crippen molar-refractivity contribution in [1.82, 2.24) is 10.6 Å². The van der Waals surface area contributed by atoms with Gasteiger partial charge in [0, 0.05) is 13.1 Å². The van der Waals surface area contributed by atoms with E-state index in [-0.39, 0.29) is 6.61 Å². The van der Waals surface area contributed by atoms with Gasteiger partial charge in [-0.3, -0.25) is 4.79 Å². The number of ether oxygens (including phenoxy) is 1. The summed E-state index contributed by atoms with van der Waals surface area (Å²) in [6.07, 6.45) is 0. The number of hydrogen-bond acceptors (Lipinski definition) is 3. The third-order valence-electron chi connectivity index (χ3n) is 2.72. The van der Waals surface area contributed by atoms with Crippen LogP contribution in [0.1, 0.15) is 26.3 Å².